The molecular formula is C24H21N3O2S. The number of fused-ring (bicyclic) bond motifs is 1. The minimum absolute atomic E-state index is 0.0469. The Morgan fingerprint density at radius 2 is 1.83 bits per heavy atom. The summed E-state index contributed by atoms with van der Waals surface area (Å²) in [6.07, 6.45) is 3.40. The second-order valence-electron chi connectivity index (χ2n) is 7.32. The van der Waals surface area contributed by atoms with Crippen LogP contribution in [0.3, 0.4) is 0 Å². The van der Waals surface area contributed by atoms with Gasteiger partial charge in [-0.2, -0.15) is 0 Å². The Kier molecular flexibility index (Phi) is 5.15. The Hall–Kier alpha value is -3.25. The van der Waals surface area contributed by atoms with Gasteiger partial charge in [0.25, 0.3) is 0 Å². The predicted molar refractivity (Wildman–Crippen MR) is 118 cm³/mol. The largest absolute Gasteiger partial charge is 0.445 e. The zero-order valence-electron chi connectivity index (χ0n) is 16.4. The Morgan fingerprint density at radius 3 is 2.63 bits per heavy atom. The molecule has 3 heterocycles. The number of carbonyl (C=O) groups excluding carboxylic acids is 1. The number of hydrogen-bond acceptors (Lipinski definition) is 5. The van der Waals surface area contributed by atoms with Crippen LogP contribution in [0.2, 0.25) is 0 Å². The van der Waals surface area contributed by atoms with Gasteiger partial charge in [0.2, 0.25) is 0 Å². The van der Waals surface area contributed by atoms with Crippen molar-refractivity contribution < 1.29 is 9.53 Å². The van der Waals surface area contributed by atoms with E-state index in [1.54, 1.807) is 11.3 Å². The highest BCUT2D eigenvalue weighted by molar-refractivity contribution is 7.18. The summed E-state index contributed by atoms with van der Waals surface area (Å²) in [5.41, 5.74) is 3.81. The monoisotopic (exact) mass is 415 g/mol. The molecule has 150 valence electrons. The van der Waals surface area contributed by atoms with Gasteiger partial charge in [-0.25, -0.2) is 9.78 Å². The molecule has 0 bridgehead atoms. The minimum atomic E-state index is -0.276. The summed E-state index contributed by atoms with van der Waals surface area (Å²) in [6.45, 7) is 0.975. The molecule has 0 saturated carbocycles. The third-order valence-corrected chi connectivity index (χ3v) is 6.47. The van der Waals surface area contributed by atoms with Crippen LogP contribution in [0.1, 0.15) is 29.5 Å². The van der Waals surface area contributed by atoms with E-state index >= 15 is 0 Å². The fourth-order valence-electron chi connectivity index (χ4n) is 3.87. The lowest BCUT2D eigenvalue weighted by atomic mass is 10.1. The van der Waals surface area contributed by atoms with E-state index in [1.165, 1.54) is 0 Å². The van der Waals surface area contributed by atoms with Gasteiger partial charge in [0.15, 0.2) is 0 Å². The van der Waals surface area contributed by atoms with Crippen molar-refractivity contribution in [3.8, 4) is 11.3 Å². The summed E-state index contributed by atoms with van der Waals surface area (Å²) in [5.74, 6) is 0. The van der Waals surface area contributed by atoms with Crippen LogP contribution in [0.5, 0.6) is 0 Å². The lowest BCUT2D eigenvalue weighted by Gasteiger charge is -2.22. The number of pyridine rings is 1. The quantitative estimate of drug-likeness (QED) is 0.421. The number of carbonyl (C=O) groups is 1. The van der Waals surface area contributed by atoms with Gasteiger partial charge in [-0.15, -0.1) is 11.3 Å². The summed E-state index contributed by atoms with van der Waals surface area (Å²) in [5, 5.41) is 0.948. The molecule has 0 aliphatic carbocycles. The van der Waals surface area contributed by atoms with Gasteiger partial charge in [-0.3, -0.25) is 9.88 Å². The van der Waals surface area contributed by atoms with Crippen molar-refractivity contribution in [1.82, 2.24) is 14.9 Å². The molecule has 1 aliphatic heterocycles. The van der Waals surface area contributed by atoms with Crippen molar-refractivity contribution >= 4 is 27.6 Å². The number of ether oxygens (including phenoxy) is 1. The molecule has 4 aromatic rings. The van der Waals surface area contributed by atoms with Crippen molar-refractivity contribution in [3.05, 3.63) is 83.5 Å². The molecule has 1 saturated heterocycles. The normalized spacial score (nSPS) is 16.1. The van der Waals surface area contributed by atoms with Crippen molar-refractivity contribution in [2.45, 2.75) is 25.5 Å². The Morgan fingerprint density at radius 1 is 1.07 bits per heavy atom. The Balaban J connectivity index is 1.40. The molecule has 5 nitrogen and oxygen atoms in total. The fraction of sp³-hybridized carbons (Fsp3) is 0.208. The van der Waals surface area contributed by atoms with Crippen LogP contribution in [-0.4, -0.2) is 27.5 Å². The molecule has 6 heteroatoms. The molecule has 1 atom stereocenters. The van der Waals surface area contributed by atoms with E-state index in [2.05, 4.69) is 4.98 Å². The smallest absolute Gasteiger partial charge is 0.410 e. The van der Waals surface area contributed by atoms with Gasteiger partial charge in [0.05, 0.1) is 16.4 Å². The lowest BCUT2D eigenvalue weighted by molar-refractivity contribution is 0.0920. The second kappa shape index (κ2) is 8.24. The van der Waals surface area contributed by atoms with Gasteiger partial charge in [-0.05, 0) is 24.5 Å². The first-order valence-corrected chi connectivity index (χ1v) is 10.9. The van der Waals surface area contributed by atoms with E-state index < -0.39 is 0 Å². The first-order chi connectivity index (χ1) is 14.8. The number of hydrogen-bond donors (Lipinski definition) is 0. The number of amides is 1. The third kappa shape index (κ3) is 3.66. The maximum absolute atomic E-state index is 12.8. The highest BCUT2D eigenvalue weighted by atomic mass is 32.1. The molecule has 1 aliphatic rings. The predicted octanol–water partition coefficient (Wildman–Crippen LogP) is 5.83. The summed E-state index contributed by atoms with van der Waals surface area (Å²) >= 11 is 1.64. The zero-order valence-corrected chi connectivity index (χ0v) is 17.2. The zero-order chi connectivity index (χ0) is 20.3. The average Bonchev–Trinajstić information content (AvgIpc) is 3.45. The molecule has 1 fully saturated rings. The number of nitrogens with zero attached hydrogens (tertiary/aromatic N) is 3. The lowest BCUT2D eigenvalue weighted by Crippen LogP contribution is -2.31. The van der Waals surface area contributed by atoms with E-state index in [-0.39, 0.29) is 18.7 Å². The minimum Gasteiger partial charge on any atom is -0.445 e. The fourth-order valence-corrected chi connectivity index (χ4v) is 4.98. The molecule has 0 N–H and O–H groups in total. The summed E-state index contributed by atoms with van der Waals surface area (Å²) in [6, 6.07) is 21.8. The molecule has 5 rings (SSSR count). The molecule has 2 aromatic heterocycles. The van der Waals surface area contributed by atoms with E-state index in [0.29, 0.717) is 6.54 Å². The first kappa shape index (κ1) is 18.8. The summed E-state index contributed by atoms with van der Waals surface area (Å²) in [7, 11) is 0. The number of likely N-dealkylation sites (tertiary alicyclic amines) is 1. The highest BCUT2D eigenvalue weighted by Gasteiger charge is 2.33. The molecule has 1 amide bonds. The van der Waals surface area contributed by atoms with Gasteiger partial charge in [-0.1, -0.05) is 60.7 Å². The van der Waals surface area contributed by atoms with Crippen LogP contribution < -0.4 is 0 Å². The van der Waals surface area contributed by atoms with Crippen molar-refractivity contribution in [3.63, 3.8) is 0 Å². The highest BCUT2D eigenvalue weighted by Crippen LogP contribution is 2.38. The van der Waals surface area contributed by atoms with E-state index in [9.17, 15) is 4.79 Å². The maximum atomic E-state index is 12.8. The Labute approximate surface area is 179 Å². The van der Waals surface area contributed by atoms with E-state index in [1.807, 2.05) is 77.8 Å². The molecule has 2 aromatic carbocycles. The van der Waals surface area contributed by atoms with Crippen LogP contribution >= 0.6 is 11.3 Å². The van der Waals surface area contributed by atoms with Crippen LogP contribution in [0.15, 0.2) is 72.9 Å². The van der Waals surface area contributed by atoms with Crippen LogP contribution in [0, 0.1) is 0 Å². The standard InChI is InChI=1S/C24H21N3O2S/c28-24(29-16-17-8-3-1-4-9-17)27-15-7-12-19(27)23-26-22-20(30-23)13-14-25-21(22)18-10-5-2-6-11-18/h1-6,8-11,13-14,19H,7,12,15-16H2/t19-/m0/s1. The number of aromatic nitrogens is 2. The van der Waals surface area contributed by atoms with Gasteiger partial charge >= 0.3 is 6.09 Å². The molecular weight excluding hydrogens is 394 g/mol. The van der Waals surface area contributed by atoms with E-state index in [4.69, 9.17) is 9.72 Å². The topological polar surface area (TPSA) is 55.3 Å². The summed E-state index contributed by atoms with van der Waals surface area (Å²) in [4.78, 5) is 24.1. The first-order valence-electron chi connectivity index (χ1n) is 10.1. The van der Waals surface area contributed by atoms with Gasteiger partial charge in [0.1, 0.15) is 17.1 Å². The second-order valence-corrected chi connectivity index (χ2v) is 8.38. The number of thiazole rings is 1. The number of rotatable bonds is 4. The average molecular weight is 416 g/mol. The van der Waals surface area contributed by atoms with Crippen molar-refractivity contribution in [2.24, 2.45) is 0 Å². The maximum Gasteiger partial charge on any atom is 0.410 e. The molecule has 0 radical (unpaired) electrons. The van der Waals surface area contributed by atoms with Crippen molar-refractivity contribution in [1.29, 1.82) is 0 Å². The van der Waals surface area contributed by atoms with Crippen LogP contribution in [0.4, 0.5) is 4.79 Å². The number of benzene rings is 2. The van der Waals surface area contributed by atoms with Crippen LogP contribution in [0.25, 0.3) is 21.5 Å². The van der Waals surface area contributed by atoms with Gasteiger partial charge < -0.3 is 4.74 Å². The Bertz CT molecular complexity index is 1160. The van der Waals surface area contributed by atoms with E-state index in [0.717, 1.165) is 44.9 Å². The third-order valence-electron chi connectivity index (χ3n) is 5.35. The summed E-state index contributed by atoms with van der Waals surface area (Å²) < 4.78 is 6.67. The molecule has 0 spiro atoms. The van der Waals surface area contributed by atoms with Crippen molar-refractivity contribution in [2.75, 3.05) is 6.54 Å². The SMILES string of the molecule is O=C(OCc1ccccc1)N1CCC[C@H]1c1nc2c(-c3ccccc3)nccc2s1. The van der Waals surface area contributed by atoms with Crippen LogP contribution in [-0.2, 0) is 11.3 Å². The molecule has 0 unspecified atom stereocenters. The molecule has 30 heavy (non-hydrogen) atoms. The van der Waals surface area contributed by atoms with Gasteiger partial charge in [0, 0.05) is 18.3 Å².